The number of nitrogens with zero attached hydrogens (tertiary/aromatic N) is 1. The molecule has 3 nitrogen and oxygen atoms in total. The number of carbonyl (C=O) groups excluding carboxylic acids is 1. The Morgan fingerprint density at radius 1 is 1.09 bits per heavy atom. The second-order valence-electron chi connectivity index (χ2n) is 4.39. The van der Waals surface area contributed by atoms with Crippen molar-refractivity contribution in [3.8, 4) is 0 Å². The van der Waals surface area contributed by atoms with Crippen molar-refractivity contribution < 1.29 is 26.7 Å². The van der Waals surface area contributed by atoms with Crippen LogP contribution in [-0.4, -0.2) is 10.9 Å². The zero-order chi connectivity index (χ0) is 16.3. The summed E-state index contributed by atoms with van der Waals surface area (Å²) in [5.41, 5.74) is -1.02. The number of benzene rings is 1. The third-order valence-electron chi connectivity index (χ3n) is 2.69. The summed E-state index contributed by atoms with van der Waals surface area (Å²) in [4.78, 5) is 14.9. The summed E-state index contributed by atoms with van der Waals surface area (Å²) in [6, 6.07) is 4.40. The first-order chi connectivity index (χ1) is 10.3. The molecule has 0 fully saturated rings. The highest BCUT2D eigenvalue weighted by Crippen LogP contribution is 2.27. The van der Waals surface area contributed by atoms with E-state index in [1.165, 1.54) is 0 Å². The van der Waals surface area contributed by atoms with Crippen LogP contribution in [-0.2, 0) is 12.7 Å². The Bertz CT molecular complexity index is 662. The van der Waals surface area contributed by atoms with Crippen molar-refractivity contribution >= 4 is 5.91 Å². The first-order valence-electron chi connectivity index (χ1n) is 6.02. The monoisotopic (exact) mass is 316 g/mol. The molecule has 2 rings (SSSR count). The van der Waals surface area contributed by atoms with Crippen LogP contribution in [0.1, 0.15) is 21.6 Å². The molecule has 0 atom stereocenters. The van der Waals surface area contributed by atoms with Gasteiger partial charge in [-0.25, -0.2) is 8.78 Å². The van der Waals surface area contributed by atoms with Gasteiger partial charge in [0, 0.05) is 18.8 Å². The maximum Gasteiger partial charge on any atom is 0.433 e. The van der Waals surface area contributed by atoms with E-state index in [4.69, 9.17) is 0 Å². The average Bonchev–Trinajstić information content (AvgIpc) is 2.43. The second kappa shape index (κ2) is 6.08. The molecule has 0 spiro atoms. The number of carbonyl (C=O) groups is 1. The van der Waals surface area contributed by atoms with Crippen LogP contribution in [0.25, 0.3) is 0 Å². The van der Waals surface area contributed by atoms with Crippen LogP contribution in [0.15, 0.2) is 36.5 Å². The van der Waals surface area contributed by atoms with Crippen LogP contribution in [0, 0.1) is 11.6 Å². The Labute approximate surface area is 121 Å². The fourth-order valence-electron chi connectivity index (χ4n) is 1.69. The van der Waals surface area contributed by atoms with Gasteiger partial charge < -0.3 is 5.32 Å². The van der Waals surface area contributed by atoms with E-state index in [0.29, 0.717) is 12.1 Å². The molecule has 1 amide bonds. The predicted octanol–water partition coefficient (Wildman–Crippen LogP) is 3.31. The highest BCUT2D eigenvalue weighted by molar-refractivity contribution is 5.93. The molecular weight excluding hydrogens is 307 g/mol. The zero-order valence-corrected chi connectivity index (χ0v) is 10.9. The average molecular weight is 316 g/mol. The Hall–Kier alpha value is -2.51. The number of rotatable bonds is 3. The molecule has 0 saturated heterocycles. The Balaban J connectivity index is 2.03. The summed E-state index contributed by atoms with van der Waals surface area (Å²) < 4.78 is 62.9. The van der Waals surface area contributed by atoms with Gasteiger partial charge in [-0.05, 0) is 29.8 Å². The summed E-state index contributed by atoms with van der Waals surface area (Å²) in [5, 5.41) is 2.33. The zero-order valence-electron chi connectivity index (χ0n) is 10.9. The van der Waals surface area contributed by atoms with E-state index in [1.807, 2.05) is 0 Å². The minimum atomic E-state index is -4.59. The lowest BCUT2D eigenvalue weighted by atomic mass is 10.2. The number of pyridine rings is 1. The largest absolute Gasteiger partial charge is 0.433 e. The highest BCUT2D eigenvalue weighted by Gasteiger charge is 2.32. The SMILES string of the molecule is O=C(NCc1cc(F)cc(F)c1)c1ccc(C(F)(F)F)nc1. The Morgan fingerprint density at radius 3 is 2.23 bits per heavy atom. The number of halogens is 5. The standard InChI is InChI=1S/C14H9F5N2O/c15-10-3-8(4-11(16)5-10)6-21-13(22)9-1-2-12(20-7-9)14(17,18)19/h1-5,7H,6H2,(H,21,22). The van der Waals surface area contributed by atoms with Gasteiger partial charge in [-0.1, -0.05) is 0 Å². The van der Waals surface area contributed by atoms with Crippen LogP contribution >= 0.6 is 0 Å². The lowest BCUT2D eigenvalue weighted by molar-refractivity contribution is -0.141. The van der Waals surface area contributed by atoms with E-state index in [1.54, 1.807) is 0 Å². The second-order valence-corrected chi connectivity index (χ2v) is 4.39. The maximum absolute atomic E-state index is 13.0. The van der Waals surface area contributed by atoms with Crippen molar-refractivity contribution in [2.75, 3.05) is 0 Å². The van der Waals surface area contributed by atoms with Crippen molar-refractivity contribution in [1.82, 2.24) is 10.3 Å². The molecule has 22 heavy (non-hydrogen) atoms. The number of amides is 1. The summed E-state index contributed by atoms with van der Waals surface area (Å²) in [6.45, 7) is -0.172. The quantitative estimate of drug-likeness (QED) is 0.883. The van der Waals surface area contributed by atoms with Crippen molar-refractivity contribution in [2.24, 2.45) is 0 Å². The normalized spacial score (nSPS) is 11.3. The van der Waals surface area contributed by atoms with Gasteiger partial charge in [0.15, 0.2) is 0 Å². The van der Waals surface area contributed by atoms with Gasteiger partial charge >= 0.3 is 6.18 Å². The van der Waals surface area contributed by atoms with Crippen LogP contribution in [0.2, 0.25) is 0 Å². The molecule has 0 saturated carbocycles. The molecule has 116 valence electrons. The van der Waals surface area contributed by atoms with Gasteiger partial charge in [0.25, 0.3) is 5.91 Å². The Kier molecular flexibility index (Phi) is 4.39. The van der Waals surface area contributed by atoms with Crippen molar-refractivity contribution in [1.29, 1.82) is 0 Å². The number of aromatic nitrogens is 1. The van der Waals surface area contributed by atoms with Crippen molar-refractivity contribution in [3.05, 3.63) is 65.0 Å². The third-order valence-corrected chi connectivity index (χ3v) is 2.69. The number of hydrogen-bond acceptors (Lipinski definition) is 2. The van der Waals surface area contributed by atoms with E-state index < -0.39 is 29.4 Å². The lowest BCUT2D eigenvalue weighted by Crippen LogP contribution is -2.23. The van der Waals surface area contributed by atoms with E-state index in [9.17, 15) is 26.7 Å². The van der Waals surface area contributed by atoms with Gasteiger partial charge in [0.1, 0.15) is 17.3 Å². The molecule has 2 aromatic rings. The van der Waals surface area contributed by atoms with Gasteiger partial charge in [0.2, 0.25) is 0 Å². The van der Waals surface area contributed by atoms with Gasteiger partial charge in [-0.2, -0.15) is 13.2 Å². The number of alkyl halides is 3. The molecule has 0 radical (unpaired) electrons. The molecule has 0 aliphatic carbocycles. The van der Waals surface area contributed by atoms with Crippen molar-refractivity contribution in [2.45, 2.75) is 12.7 Å². The summed E-state index contributed by atoms with van der Waals surface area (Å²) >= 11 is 0. The molecule has 0 aliphatic rings. The van der Waals surface area contributed by atoms with E-state index >= 15 is 0 Å². The molecule has 0 unspecified atom stereocenters. The molecule has 0 bridgehead atoms. The van der Waals surface area contributed by atoms with Gasteiger partial charge in [-0.15, -0.1) is 0 Å². The fourth-order valence-corrected chi connectivity index (χ4v) is 1.69. The molecule has 1 N–H and O–H groups in total. The number of hydrogen-bond donors (Lipinski definition) is 1. The van der Waals surface area contributed by atoms with Gasteiger partial charge in [-0.3, -0.25) is 9.78 Å². The minimum Gasteiger partial charge on any atom is -0.348 e. The van der Waals surface area contributed by atoms with E-state index in [-0.39, 0.29) is 17.7 Å². The lowest BCUT2D eigenvalue weighted by Gasteiger charge is -2.08. The summed E-state index contributed by atoms with van der Waals surface area (Å²) in [5.74, 6) is -2.29. The predicted molar refractivity (Wildman–Crippen MR) is 66.8 cm³/mol. The van der Waals surface area contributed by atoms with Crippen LogP contribution < -0.4 is 5.32 Å². The summed E-state index contributed by atoms with van der Waals surface area (Å²) in [6.07, 6.45) is -3.81. The fraction of sp³-hybridized carbons (Fsp3) is 0.143. The van der Waals surface area contributed by atoms with Crippen LogP contribution in [0.5, 0.6) is 0 Å². The molecule has 1 aromatic heterocycles. The van der Waals surface area contributed by atoms with Crippen LogP contribution in [0.3, 0.4) is 0 Å². The first kappa shape index (κ1) is 15.9. The molecular formula is C14H9F5N2O. The first-order valence-corrected chi connectivity index (χ1v) is 6.02. The Morgan fingerprint density at radius 2 is 1.73 bits per heavy atom. The van der Waals surface area contributed by atoms with E-state index in [0.717, 1.165) is 24.4 Å². The summed E-state index contributed by atoms with van der Waals surface area (Å²) in [7, 11) is 0. The maximum atomic E-state index is 13.0. The van der Waals surface area contributed by atoms with E-state index in [2.05, 4.69) is 10.3 Å². The molecule has 1 heterocycles. The molecule has 8 heteroatoms. The topological polar surface area (TPSA) is 42.0 Å². The molecule has 0 aliphatic heterocycles. The third kappa shape index (κ3) is 4.00. The molecule has 1 aromatic carbocycles. The minimum absolute atomic E-state index is 0.0927. The number of nitrogens with one attached hydrogen (secondary N) is 1. The highest BCUT2D eigenvalue weighted by atomic mass is 19.4. The van der Waals surface area contributed by atoms with Crippen LogP contribution in [0.4, 0.5) is 22.0 Å². The van der Waals surface area contributed by atoms with Gasteiger partial charge in [0.05, 0.1) is 5.56 Å². The van der Waals surface area contributed by atoms with Crippen molar-refractivity contribution in [3.63, 3.8) is 0 Å². The smallest absolute Gasteiger partial charge is 0.348 e.